The van der Waals surface area contributed by atoms with Gasteiger partial charge in [-0.1, -0.05) is 24.3 Å². The Bertz CT molecular complexity index is 712. The van der Waals surface area contributed by atoms with Crippen molar-refractivity contribution in [1.29, 1.82) is 0 Å². The highest BCUT2D eigenvalue weighted by molar-refractivity contribution is 6.09. The molecule has 1 N–H and O–H groups in total. The summed E-state index contributed by atoms with van der Waals surface area (Å²) in [6.45, 7) is 0. The zero-order chi connectivity index (χ0) is 16.1. The summed E-state index contributed by atoms with van der Waals surface area (Å²) in [7, 11) is 1.46. The Labute approximate surface area is 133 Å². The van der Waals surface area contributed by atoms with E-state index in [1.165, 1.54) is 7.11 Å². The van der Waals surface area contributed by atoms with E-state index < -0.39 is 5.91 Å². The van der Waals surface area contributed by atoms with Crippen molar-refractivity contribution in [2.75, 3.05) is 7.11 Å². The number of amides is 3. The molecule has 1 saturated carbocycles. The van der Waals surface area contributed by atoms with Gasteiger partial charge in [0.2, 0.25) is 0 Å². The number of nitrogens with one attached hydrogen (secondary N) is 1. The highest BCUT2D eigenvalue weighted by Gasteiger charge is 2.59. The Morgan fingerprint density at radius 2 is 1.74 bits per heavy atom. The molecular formula is C17H16N2O4. The van der Waals surface area contributed by atoms with E-state index in [1.54, 1.807) is 24.3 Å². The number of rotatable bonds is 3. The number of hydrogen-bond acceptors (Lipinski definition) is 4. The molecule has 0 aromatic heterocycles. The number of ether oxygens (including phenoxy) is 1. The van der Waals surface area contributed by atoms with Gasteiger partial charge in [0.25, 0.3) is 17.7 Å². The SMILES string of the molecule is COc1ccccc1C(=O)NN1C(=O)C2C3C=CC(C3)C2C1=O. The molecule has 2 aliphatic carbocycles. The molecule has 1 heterocycles. The highest BCUT2D eigenvalue weighted by Crippen LogP contribution is 2.52. The Morgan fingerprint density at radius 3 is 2.35 bits per heavy atom. The fourth-order valence-corrected chi connectivity index (χ4v) is 4.01. The quantitative estimate of drug-likeness (QED) is 0.671. The van der Waals surface area contributed by atoms with Gasteiger partial charge in [-0.25, -0.2) is 0 Å². The predicted octanol–water partition coefficient (Wildman–Crippen LogP) is 1.15. The largest absolute Gasteiger partial charge is 0.496 e. The maximum absolute atomic E-state index is 12.5. The number of hydrogen-bond donors (Lipinski definition) is 1. The van der Waals surface area contributed by atoms with E-state index in [1.807, 2.05) is 12.2 Å². The summed E-state index contributed by atoms with van der Waals surface area (Å²) in [6.07, 6.45) is 4.90. The summed E-state index contributed by atoms with van der Waals surface area (Å²) in [5, 5.41) is 0.899. The van der Waals surface area contributed by atoms with Crippen LogP contribution >= 0.6 is 0 Å². The molecule has 4 atom stereocenters. The first kappa shape index (κ1) is 14.0. The lowest BCUT2D eigenvalue weighted by Crippen LogP contribution is -2.47. The van der Waals surface area contributed by atoms with Crippen LogP contribution in [0.15, 0.2) is 36.4 Å². The van der Waals surface area contributed by atoms with Gasteiger partial charge in [-0.05, 0) is 30.4 Å². The highest BCUT2D eigenvalue weighted by atomic mass is 16.5. The van der Waals surface area contributed by atoms with E-state index >= 15 is 0 Å². The monoisotopic (exact) mass is 312 g/mol. The molecule has 3 aliphatic rings. The normalized spacial score (nSPS) is 30.7. The number of nitrogens with zero attached hydrogens (tertiary/aromatic N) is 1. The summed E-state index contributed by atoms with van der Waals surface area (Å²) in [5.41, 5.74) is 2.74. The lowest BCUT2D eigenvalue weighted by molar-refractivity contribution is -0.143. The van der Waals surface area contributed by atoms with E-state index in [0.29, 0.717) is 5.75 Å². The minimum absolute atomic E-state index is 0.120. The maximum Gasteiger partial charge on any atom is 0.274 e. The van der Waals surface area contributed by atoms with Crippen molar-refractivity contribution in [3.63, 3.8) is 0 Å². The number of imide groups is 1. The molecule has 1 aromatic carbocycles. The summed E-state index contributed by atoms with van der Waals surface area (Å²) in [5.74, 6) is -1.15. The van der Waals surface area contributed by atoms with Crippen LogP contribution in [-0.4, -0.2) is 29.8 Å². The molecule has 4 unspecified atom stereocenters. The Balaban J connectivity index is 1.57. The van der Waals surface area contributed by atoms with Gasteiger partial charge in [-0.15, -0.1) is 0 Å². The van der Waals surface area contributed by atoms with Crippen molar-refractivity contribution < 1.29 is 19.1 Å². The Morgan fingerprint density at radius 1 is 1.13 bits per heavy atom. The van der Waals surface area contributed by atoms with Crippen LogP contribution in [0, 0.1) is 23.7 Å². The number of carbonyl (C=O) groups excluding carboxylic acids is 3. The third-order valence-corrected chi connectivity index (χ3v) is 5.04. The molecule has 2 fully saturated rings. The van der Waals surface area contributed by atoms with Crippen molar-refractivity contribution >= 4 is 17.7 Å². The first-order chi connectivity index (χ1) is 11.1. The summed E-state index contributed by atoms with van der Waals surface area (Å²) < 4.78 is 5.14. The van der Waals surface area contributed by atoms with E-state index in [9.17, 15) is 14.4 Å². The molecule has 2 bridgehead atoms. The van der Waals surface area contributed by atoms with Gasteiger partial charge in [0, 0.05) is 0 Å². The van der Waals surface area contributed by atoms with Crippen LogP contribution in [0.3, 0.4) is 0 Å². The predicted molar refractivity (Wildman–Crippen MR) is 80.0 cm³/mol. The van der Waals surface area contributed by atoms with Gasteiger partial charge in [0.05, 0.1) is 24.5 Å². The number of hydrazine groups is 1. The van der Waals surface area contributed by atoms with Crippen LogP contribution in [0.1, 0.15) is 16.8 Å². The van der Waals surface area contributed by atoms with Crippen molar-refractivity contribution in [1.82, 2.24) is 10.4 Å². The summed E-state index contributed by atoms with van der Waals surface area (Å²) in [4.78, 5) is 37.5. The summed E-state index contributed by atoms with van der Waals surface area (Å²) >= 11 is 0. The van der Waals surface area contributed by atoms with Crippen LogP contribution in [-0.2, 0) is 9.59 Å². The number of allylic oxidation sites excluding steroid dienone is 2. The number of carbonyl (C=O) groups is 3. The molecule has 4 rings (SSSR count). The van der Waals surface area contributed by atoms with Gasteiger partial charge >= 0.3 is 0 Å². The molecule has 3 amide bonds. The van der Waals surface area contributed by atoms with Crippen LogP contribution in [0.25, 0.3) is 0 Å². The zero-order valence-electron chi connectivity index (χ0n) is 12.6. The lowest BCUT2D eigenvalue weighted by atomic mass is 9.85. The van der Waals surface area contributed by atoms with E-state index in [-0.39, 0.29) is 41.0 Å². The molecule has 1 aliphatic heterocycles. The number of methoxy groups -OCH3 is 1. The fraction of sp³-hybridized carbons (Fsp3) is 0.353. The van der Waals surface area contributed by atoms with Crippen LogP contribution in [0.5, 0.6) is 5.75 Å². The molecule has 0 radical (unpaired) electrons. The van der Waals surface area contributed by atoms with Crippen molar-refractivity contribution in [3.05, 3.63) is 42.0 Å². The zero-order valence-corrected chi connectivity index (χ0v) is 12.6. The molecule has 118 valence electrons. The van der Waals surface area contributed by atoms with Gasteiger partial charge in [0.15, 0.2) is 0 Å². The fourth-order valence-electron chi connectivity index (χ4n) is 4.01. The van der Waals surface area contributed by atoms with E-state index in [0.717, 1.165) is 11.4 Å². The van der Waals surface area contributed by atoms with Crippen molar-refractivity contribution in [2.24, 2.45) is 23.7 Å². The minimum atomic E-state index is -0.524. The average Bonchev–Trinajstić information content (AvgIpc) is 3.24. The number of para-hydroxylation sites is 1. The van der Waals surface area contributed by atoms with E-state index in [4.69, 9.17) is 4.74 Å². The first-order valence-corrected chi connectivity index (χ1v) is 7.62. The molecule has 0 spiro atoms. The van der Waals surface area contributed by atoms with Crippen molar-refractivity contribution in [3.8, 4) is 5.75 Å². The maximum atomic E-state index is 12.5. The van der Waals surface area contributed by atoms with E-state index in [2.05, 4.69) is 5.43 Å². The van der Waals surface area contributed by atoms with Gasteiger partial charge < -0.3 is 4.74 Å². The second-order valence-corrected chi connectivity index (χ2v) is 6.15. The second-order valence-electron chi connectivity index (χ2n) is 6.15. The van der Waals surface area contributed by atoms with Gasteiger partial charge in [0.1, 0.15) is 5.75 Å². The van der Waals surface area contributed by atoms with Crippen LogP contribution in [0.4, 0.5) is 0 Å². The average molecular weight is 312 g/mol. The van der Waals surface area contributed by atoms with Crippen LogP contribution in [0.2, 0.25) is 0 Å². The summed E-state index contributed by atoms with van der Waals surface area (Å²) in [6, 6.07) is 6.69. The Hall–Kier alpha value is -2.63. The number of fused-ring (bicyclic) bond motifs is 5. The van der Waals surface area contributed by atoms with Crippen LogP contribution < -0.4 is 10.2 Å². The molecular weight excluding hydrogens is 296 g/mol. The Kier molecular flexibility index (Phi) is 3.01. The third-order valence-electron chi connectivity index (χ3n) is 5.04. The standard InChI is InChI=1S/C17H16N2O4/c1-23-12-5-3-2-4-11(12)15(20)18-19-16(21)13-9-6-7-10(8-9)14(13)17(19)22/h2-7,9-10,13-14H,8H2,1H3,(H,18,20). The second kappa shape index (κ2) is 4.94. The molecule has 6 heteroatoms. The topological polar surface area (TPSA) is 75.7 Å². The molecule has 1 aromatic rings. The first-order valence-electron chi connectivity index (χ1n) is 7.62. The smallest absolute Gasteiger partial charge is 0.274 e. The molecule has 6 nitrogen and oxygen atoms in total. The van der Waals surface area contributed by atoms with Gasteiger partial charge in [-0.3, -0.25) is 19.8 Å². The molecule has 1 saturated heterocycles. The van der Waals surface area contributed by atoms with Crippen molar-refractivity contribution in [2.45, 2.75) is 6.42 Å². The third kappa shape index (κ3) is 1.91. The lowest BCUT2D eigenvalue weighted by Gasteiger charge is -2.18. The van der Waals surface area contributed by atoms with Gasteiger partial charge in [-0.2, -0.15) is 5.01 Å². The number of benzene rings is 1. The molecule has 23 heavy (non-hydrogen) atoms. The minimum Gasteiger partial charge on any atom is -0.496 e.